The van der Waals surface area contributed by atoms with Crippen molar-refractivity contribution < 1.29 is 25.2 Å². The van der Waals surface area contributed by atoms with Gasteiger partial charge in [0.1, 0.15) is 11.6 Å². The maximum absolute atomic E-state index is 10.6. The molecule has 2 heterocycles. The van der Waals surface area contributed by atoms with E-state index in [2.05, 4.69) is 132 Å². The number of hydrogen-bond acceptors (Lipinski definition) is 3. The van der Waals surface area contributed by atoms with Crippen LogP contribution in [0.25, 0.3) is 50.1 Å². The molecule has 0 fully saturated rings. The Kier molecular flexibility index (Phi) is 11.4. The van der Waals surface area contributed by atoms with E-state index in [1.807, 2.05) is 42.6 Å². The molecule has 5 aromatic carbocycles. The number of pyridine rings is 1. The van der Waals surface area contributed by atoms with Gasteiger partial charge >= 0.3 is 0 Å². The van der Waals surface area contributed by atoms with Gasteiger partial charge in [0.25, 0.3) is 0 Å². The second kappa shape index (κ2) is 15.5. The number of benzene rings is 5. The van der Waals surface area contributed by atoms with Crippen molar-refractivity contribution in [2.75, 3.05) is 0 Å². The monoisotopic (exact) mass is 837 g/mol. The van der Waals surface area contributed by atoms with Crippen molar-refractivity contribution in [2.45, 2.75) is 73.1 Å². The van der Waals surface area contributed by atoms with E-state index in [0.29, 0.717) is 17.8 Å². The van der Waals surface area contributed by atoms with Crippen LogP contribution in [-0.4, -0.2) is 19.6 Å². The van der Waals surface area contributed by atoms with Crippen molar-refractivity contribution in [2.24, 2.45) is 0 Å². The number of rotatable bonds is 6. The summed E-state index contributed by atoms with van der Waals surface area (Å²) in [6, 6.07) is 38.7. The Bertz CT molecular complexity index is 2220. The van der Waals surface area contributed by atoms with Gasteiger partial charge in [-0.1, -0.05) is 116 Å². The predicted molar refractivity (Wildman–Crippen MR) is 206 cm³/mol. The molecule has 1 N–H and O–H groups in total. The Morgan fingerprint density at radius 2 is 1.38 bits per heavy atom. The van der Waals surface area contributed by atoms with Crippen molar-refractivity contribution in [1.29, 1.82) is 0 Å². The minimum absolute atomic E-state index is 0. The maximum Gasteiger partial charge on any atom is 0.149 e. The molecule has 0 saturated heterocycles. The van der Waals surface area contributed by atoms with E-state index >= 15 is 0 Å². The van der Waals surface area contributed by atoms with E-state index < -0.39 is 0 Å². The summed E-state index contributed by atoms with van der Waals surface area (Å²) >= 11 is 0. The first-order valence-electron chi connectivity index (χ1n) is 17.3. The number of para-hydroxylation sites is 4. The molecule has 7 aromatic rings. The number of phenolic OH excluding ortho intramolecular Hbond substituents is 1. The Morgan fingerprint density at radius 1 is 0.700 bits per heavy atom. The first-order valence-corrected chi connectivity index (χ1v) is 17.3. The number of aryl methyl sites for hydroxylation is 2. The van der Waals surface area contributed by atoms with Crippen molar-refractivity contribution in [1.82, 2.24) is 14.5 Å². The number of imidazole rings is 1. The first kappa shape index (κ1) is 36.7. The molecule has 257 valence electrons. The van der Waals surface area contributed by atoms with Gasteiger partial charge in [0.15, 0.2) is 0 Å². The fourth-order valence-corrected chi connectivity index (χ4v) is 6.66. The van der Waals surface area contributed by atoms with E-state index in [1.54, 1.807) is 6.07 Å². The molecule has 0 aliphatic carbocycles. The standard InChI is InChI=1S/C25H26N2O.C20H20N.Ir/c1-16(2)18-11-9-12-19(17(3)4)24(18)27-22-14-7-6-13-21(22)26-25(27)20-10-5-8-15-23(20)28;1-13(2)16-5-6-19-17(12-16)7-8-21-20(19)18-10-14(3)9-15(4)11-18;/h5-17,28H,1-4H3;5-10,12-13H,1-4H3;/q;-1;. The third-order valence-corrected chi connectivity index (χ3v) is 9.13. The topological polar surface area (TPSA) is 50.9 Å². The Hall–Kier alpha value is -4.57. The SMILES string of the molecule is CC(C)c1cccc(C(C)C)c1-n1c(-c2ccccc2O)nc2ccccc21.Cc1[c-]c(-c2nccc3cc(C(C)C)ccc23)cc(C)c1.[Ir]. The van der Waals surface area contributed by atoms with E-state index in [1.165, 1.54) is 38.7 Å². The molecular formula is C45H46IrN3O-. The second-order valence-electron chi connectivity index (χ2n) is 13.9. The van der Waals surface area contributed by atoms with Crippen LogP contribution < -0.4 is 0 Å². The molecule has 0 saturated carbocycles. The average Bonchev–Trinajstić information content (AvgIpc) is 3.46. The molecule has 0 atom stereocenters. The predicted octanol–water partition coefficient (Wildman–Crippen LogP) is 12.1. The van der Waals surface area contributed by atoms with Crippen LogP contribution in [0.4, 0.5) is 0 Å². The number of fused-ring (bicyclic) bond motifs is 2. The molecule has 0 aliphatic heterocycles. The summed E-state index contributed by atoms with van der Waals surface area (Å²) in [6.45, 7) is 17.5. The molecule has 2 aromatic heterocycles. The van der Waals surface area contributed by atoms with E-state index in [0.717, 1.165) is 39.2 Å². The molecular weight excluding hydrogens is 791 g/mol. The van der Waals surface area contributed by atoms with Crippen LogP contribution in [0.5, 0.6) is 5.75 Å². The van der Waals surface area contributed by atoms with Crippen LogP contribution in [0.2, 0.25) is 0 Å². The van der Waals surface area contributed by atoms with Crippen LogP contribution in [0, 0.1) is 19.9 Å². The molecule has 5 heteroatoms. The molecule has 0 unspecified atom stereocenters. The zero-order valence-electron chi connectivity index (χ0n) is 30.2. The zero-order chi connectivity index (χ0) is 34.8. The molecule has 4 nitrogen and oxygen atoms in total. The molecule has 0 amide bonds. The van der Waals surface area contributed by atoms with Crippen molar-refractivity contribution in [3.63, 3.8) is 0 Å². The summed E-state index contributed by atoms with van der Waals surface area (Å²) in [5, 5.41) is 13.0. The maximum atomic E-state index is 10.6. The zero-order valence-corrected chi connectivity index (χ0v) is 32.6. The number of nitrogens with zero attached hydrogens (tertiary/aromatic N) is 3. The summed E-state index contributed by atoms with van der Waals surface area (Å²) in [4.78, 5) is 9.53. The van der Waals surface area contributed by atoms with Gasteiger partial charge in [0.2, 0.25) is 0 Å². The van der Waals surface area contributed by atoms with E-state index in [-0.39, 0.29) is 25.9 Å². The summed E-state index contributed by atoms with van der Waals surface area (Å²) in [6.07, 6.45) is 1.90. The minimum Gasteiger partial charge on any atom is -0.507 e. The minimum atomic E-state index is 0. The summed E-state index contributed by atoms with van der Waals surface area (Å²) in [7, 11) is 0. The van der Waals surface area contributed by atoms with E-state index in [9.17, 15) is 5.11 Å². The Labute approximate surface area is 310 Å². The van der Waals surface area contributed by atoms with Gasteiger partial charge in [0, 0.05) is 26.3 Å². The third-order valence-electron chi connectivity index (χ3n) is 9.13. The molecule has 50 heavy (non-hydrogen) atoms. The number of aromatic hydroxyl groups is 1. The van der Waals surface area contributed by atoms with Crippen molar-refractivity contribution >= 4 is 21.8 Å². The summed E-state index contributed by atoms with van der Waals surface area (Å²) in [5.41, 5.74) is 12.3. The number of hydrogen-bond donors (Lipinski definition) is 1. The van der Waals surface area contributed by atoms with E-state index in [4.69, 9.17) is 4.98 Å². The third kappa shape index (κ3) is 7.45. The van der Waals surface area contributed by atoms with Gasteiger partial charge in [0.05, 0.1) is 22.3 Å². The molecule has 0 aliphatic rings. The second-order valence-corrected chi connectivity index (χ2v) is 13.9. The van der Waals surface area contributed by atoms with Crippen molar-refractivity contribution in [3.05, 3.63) is 143 Å². The smallest absolute Gasteiger partial charge is 0.149 e. The van der Waals surface area contributed by atoms with Crippen LogP contribution in [0.15, 0.2) is 109 Å². The van der Waals surface area contributed by atoms with Gasteiger partial charge in [-0.15, -0.1) is 34.9 Å². The van der Waals surface area contributed by atoms with Gasteiger partial charge in [-0.2, -0.15) is 0 Å². The normalized spacial score (nSPS) is 11.3. The largest absolute Gasteiger partial charge is 0.507 e. The Balaban J connectivity index is 0.000000198. The van der Waals surface area contributed by atoms with Gasteiger partial charge in [-0.05, 0) is 81.2 Å². The van der Waals surface area contributed by atoms with Crippen molar-refractivity contribution in [3.8, 4) is 34.1 Å². The van der Waals surface area contributed by atoms with Gasteiger partial charge < -0.3 is 10.1 Å². The van der Waals surface area contributed by atoms with Gasteiger partial charge in [-0.25, -0.2) is 4.98 Å². The van der Waals surface area contributed by atoms with Crippen LogP contribution in [0.1, 0.15) is 87.1 Å². The first-order chi connectivity index (χ1) is 23.5. The number of aromatic nitrogens is 3. The van der Waals surface area contributed by atoms with Gasteiger partial charge in [-0.3, -0.25) is 4.57 Å². The molecule has 0 spiro atoms. The molecule has 7 rings (SSSR count). The number of phenols is 1. The Morgan fingerprint density at radius 3 is 2.04 bits per heavy atom. The fourth-order valence-electron chi connectivity index (χ4n) is 6.66. The summed E-state index contributed by atoms with van der Waals surface area (Å²) < 4.78 is 2.23. The fraction of sp³-hybridized carbons (Fsp3) is 0.244. The molecule has 1 radical (unpaired) electrons. The van der Waals surface area contributed by atoms with Crippen LogP contribution in [-0.2, 0) is 20.1 Å². The van der Waals surface area contributed by atoms with Crippen LogP contribution >= 0.6 is 0 Å². The summed E-state index contributed by atoms with van der Waals surface area (Å²) in [5.74, 6) is 2.29. The quantitative estimate of drug-likeness (QED) is 0.170. The van der Waals surface area contributed by atoms with Crippen LogP contribution in [0.3, 0.4) is 0 Å². The molecule has 0 bridgehead atoms. The average molecular weight is 837 g/mol.